The fraction of sp³-hybridized carbons (Fsp3) is 0.667. The Morgan fingerprint density at radius 3 is 2.45 bits per heavy atom. The maximum Gasteiger partial charge on any atom is 0.163 e. The Labute approximate surface area is 255 Å². The fourth-order valence-corrected chi connectivity index (χ4v) is 10.3. The number of carbonyl (C=O) groups excluding carboxylic acids is 1. The highest BCUT2D eigenvalue weighted by Crippen LogP contribution is 2.71. The van der Waals surface area contributed by atoms with Crippen LogP contribution in [0.4, 0.5) is 0 Å². The van der Waals surface area contributed by atoms with Crippen molar-refractivity contribution in [2.24, 2.45) is 52.8 Å². The first-order valence-corrected chi connectivity index (χ1v) is 17.4. The van der Waals surface area contributed by atoms with E-state index in [-0.39, 0.29) is 0 Å². The molecule has 3 heteroatoms. The fourth-order valence-electron chi connectivity index (χ4n) is 10.3. The average Bonchev–Trinajstić information content (AvgIpc) is 3.51. The Hall–Kier alpha value is -2.13. The summed E-state index contributed by atoms with van der Waals surface area (Å²) in [4.78, 5) is 12.5. The second-order valence-corrected chi connectivity index (χ2v) is 15.2. The molecule has 0 amide bonds. The Balaban J connectivity index is 1.09. The van der Waals surface area contributed by atoms with Crippen molar-refractivity contribution < 1.29 is 4.79 Å². The van der Waals surface area contributed by atoms with Gasteiger partial charge in [0.2, 0.25) is 0 Å². The molecule has 0 aliphatic heterocycles. The highest BCUT2D eigenvalue weighted by Gasteiger charge is 2.66. The molecule has 42 heavy (non-hydrogen) atoms. The van der Waals surface area contributed by atoms with Crippen LogP contribution < -0.4 is 5.32 Å². The van der Waals surface area contributed by atoms with Crippen LogP contribution in [-0.2, 0) is 19.4 Å². The summed E-state index contributed by atoms with van der Waals surface area (Å²) in [6.07, 6.45) is 6.47. The van der Waals surface area contributed by atoms with Gasteiger partial charge in [0.25, 0.3) is 0 Å². The lowest BCUT2D eigenvalue weighted by Crippen LogP contribution is -2.68. The van der Waals surface area contributed by atoms with E-state index in [0.717, 1.165) is 85.4 Å². The third-order valence-corrected chi connectivity index (χ3v) is 13.1. The van der Waals surface area contributed by atoms with Crippen LogP contribution >= 0.6 is 0 Å². The average molecular weight is 569 g/mol. The number of ketones is 1. The van der Waals surface area contributed by atoms with Crippen LogP contribution in [0.25, 0.3) is 21.8 Å². The first-order valence-electron chi connectivity index (χ1n) is 17.4. The van der Waals surface area contributed by atoms with Crippen molar-refractivity contribution >= 4 is 27.6 Å². The van der Waals surface area contributed by atoms with Crippen molar-refractivity contribution in [2.75, 3.05) is 13.1 Å². The molecule has 0 radical (unpaired) electrons. The number of hydrogen-bond donors (Lipinski definition) is 1. The Morgan fingerprint density at radius 2 is 1.74 bits per heavy atom. The number of aromatic nitrogens is 1. The van der Waals surface area contributed by atoms with Gasteiger partial charge in [0, 0.05) is 46.9 Å². The second kappa shape index (κ2) is 11.4. The number of nitrogens with one attached hydrogen (secondary N) is 1. The molecule has 1 aromatic heterocycles. The molecular formula is C39H56N2O. The molecule has 0 saturated heterocycles. The zero-order valence-corrected chi connectivity index (χ0v) is 27.7. The molecule has 8 atom stereocenters. The van der Waals surface area contributed by atoms with E-state index in [4.69, 9.17) is 0 Å². The lowest BCUT2D eigenvalue weighted by atomic mass is 9.32. The normalized spacial score (nSPS) is 28.9. The predicted molar refractivity (Wildman–Crippen MR) is 178 cm³/mol. The van der Waals surface area contributed by atoms with Crippen molar-refractivity contribution in [3.63, 3.8) is 0 Å². The van der Waals surface area contributed by atoms with E-state index in [9.17, 15) is 4.79 Å². The smallest absolute Gasteiger partial charge is 0.163 e. The first kappa shape index (κ1) is 29.9. The number of rotatable bonds is 12. The van der Waals surface area contributed by atoms with Crippen LogP contribution in [0, 0.1) is 52.8 Å². The second-order valence-electron chi connectivity index (χ2n) is 15.2. The van der Waals surface area contributed by atoms with Crippen LogP contribution in [0.15, 0.2) is 30.3 Å². The van der Waals surface area contributed by atoms with E-state index in [0.29, 0.717) is 17.6 Å². The number of nitrogens with zero attached hydrogens (tertiary/aromatic N) is 1. The molecule has 2 fully saturated rings. The highest BCUT2D eigenvalue weighted by atomic mass is 16.1. The van der Waals surface area contributed by atoms with Gasteiger partial charge in [0.15, 0.2) is 5.78 Å². The number of carbonyl (C=O) groups is 1. The summed E-state index contributed by atoms with van der Waals surface area (Å²) in [6.45, 7) is 22.8. The van der Waals surface area contributed by atoms with Gasteiger partial charge in [-0.1, -0.05) is 67.9 Å². The van der Waals surface area contributed by atoms with E-state index in [2.05, 4.69) is 95.6 Å². The van der Waals surface area contributed by atoms with E-state index >= 15 is 0 Å². The SMILES string of the molecule is CCc1ccc2c(c1)c1c3c(ccc1n2CCNCCCC(C)(CC)C1C(C)C2C(C(C)C(C)C)C(C)C21)C(=O)CC3. The van der Waals surface area contributed by atoms with Crippen LogP contribution in [-0.4, -0.2) is 23.4 Å². The molecule has 228 valence electrons. The molecule has 2 aromatic carbocycles. The number of fused-ring (bicyclic) bond motifs is 6. The molecule has 0 bridgehead atoms. The molecule has 3 aliphatic carbocycles. The summed E-state index contributed by atoms with van der Waals surface area (Å²) >= 11 is 0. The quantitative estimate of drug-likeness (QED) is 0.221. The Bertz CT molecular complexity index is 1460. The number of benzene rings is 2. The molecule has 6 rings (SSSR count). The Morgan fingerprint density at radius 1 is 0.976 bits per heavy atom. The van der Waals surface area contributed by atoms with Gasteiger partial charge in [-0.05, 0) is 120 Å². The van der Waals surface area contributed by atoms with E-state index in [1.54, 1.807) is 0 Å². The standard InChI is InChI=1S/C39H56N2O/c1-9-27-12-15-31-30(22-27)37-29-14-17-33(42)28(29)13-16-32(37)41(31)21-20-40-19-11-18-39(8,10-2)38-26(7)35-34(24(5)23(3)4)25(6)36(35)38/h12-13,15-16,22-26,34-36,38,40H,9-11,14,17-21H2,1-8H3. The summed E-state index contributed by atoms with van der Waals surface area (Å²) in [5, 5.41) is 6.48. The van der Waals surface area contributed by atoms with Crippen molar-refractivity contribution in [3.05, 3.63) is 47.0 Å². The monoisotopic (exact) mass is 568 g/mol. The molecule has 3 aromatic rings. The zero-order valence-electron chi connectivity index (χ0n) is 27.7. The summed E-state index contributed by atoms with van der Waals surface area (Å²) in [6, 6.07) is 11.3. The molecule has 1 heterocycles. The van der Waals surface area contributed by atoms with Gasteiger partial charge >= 0.3 is 0 Å². The third kappa shape index (κ3) is 4.59. The van der Waals surface area contributed by atoms with E-state index in [1.165, 1.54) is 52.2 Å². The lowest BCUT2D eigenvalue weighted by Gasteiger charge is -2.72. The number of Topliss-reactive ketones (excluding diaryl/α,β-unsaturated/α-hetero) is 1. The zero-order chi connectivity index (χ0) is 29.9. The predicted octanol–water partition coefficient (Wildman–Crippen LogP) is 9.33. The minimum atomic E-state index is 0.309. The molecule has 1 N–H and O–H groups in total. The minimum absolute atomic E-state index is 0.309. The van der Waals surface area contributed by atoms with E-state index in [1.807, 2.05) is 0 Å². The lowest BCUT2D eigenvalue weighted by molar-refractivity contribution is -0.249. The van der Waals surface area contributed by atoms with Crippen LogP contribution in [0.5, 0.6) is 0 Å². The summed E-state index contributed by atoms with van der Waals surface area (Å²) in [5.74, 6) is 7.53. The molecule has 3 nitrogen and oxygen atoms in total. The van der Waals surface area contributed by atoms with Crippen molar-refractivity contribution in [1.29, 1.82) is 0 Å². The molecule has 8 unspecified atom stereocenters. The van der Waals surface area contributed by atoms with Gasteiger partial charge in [-0.25, -0.2) is 0 Å². The molecule has 2 saturated carbocycles. The maximum absolute atomic E-state index is 12.5. The van der Waals surface area contributed by atoms with Gasteiger partial charge in [0.1, 0.15) is 0 Å². The third-order valence-electron chi connectivity index (χ3n) is 13.1. The van der Waals surface area contributed by atoms with Gasteiger partial charge < -0.3 is 9.88 Å². The number of hydrogen-bond acceptors (Lipinski definition) is 2. The molecule has 0 spiro atoms. The molecule has 3 aliphatic rings. The first-order chi connectivity index (χ1) is 20.1. The highest BCUT2D eigenvalue weighted by molar-refractivity contribution is 6.15. The van der Waals surface area contributed by atoms with Crippen LogP contribution in [0.1, 0.15) is 103 Å². The van der Waals surface area contributed by atoms with Gasteiger partial charge in [-0.2, -0.15) is 0 Å². The van der Waals surface area contributed by atoms with E-state index < -0.39 is 0 Å². The van der Waals surface area contributed by atoms with Crippen LogP contribution in [0.2, 0.25) is 0 Å². The van der Waals surface area contributed by atoms with Crippen molar-refractivity contribution in [2.45, 2.75) is 100 Å². The number of aryl methyl sites for hydroxylation is 2. The summed E-state index contributed by atoms with van der Waals surface area (Å²) in [5.41, 5.74) is 6.66. The largest absolute Gasteiger partial charge is 0.339 e. The topological polar surface area (TPSA) is 34.0 Å². The molecular weight excluding hydrogens is 512 g/mol. The van der Waals surface area contributed by atoms with Gasteiger partial charge in [0.05, 0.1) is 0 Å². The van der Waals surface area contributed by atoms with Crippen LogP contribution in [0.3, 0.4) is 0 Å². The summed E-state index contributed by atoms with van der Waals surface area (Å²) in [7, 11) is 0. The summed E-state index contributed by atoms with van der Waals surface area (Å²) < 4.78 is 2.50. The van der Waals surface area contributed by atoms with Gasteiger partial charge in [-0.15, -0.1) is 0 Å². The van der Waals surface area contributed by atoms with Crippen molar-refractivity contribution in [1.82, 2.24) is 9.88 Å². The Kier molecular flexibility index (Phi) is 8.13. The minimum Gasteiger partial charge on any atom is -0.339 e. The maximum atomic E-state index is 12.5. The van der Waals surface area contributed by atoms with Crippen molar-refractivity contribution in [3.8, 4) is 0 Å². The van der Waals surface area contributed by atoms with Gasteiger partial charge in [-0.3, -0.25) is 4.79 Å².